The summed E-state index contributed by atoms with van der Waals surface area (Å²) in [5.41, 5.74) is 1.40. The first-order chi connectivity index (χ1) is 9.64. The van der Waals surface area contributed by atoms with E-state index in [1.165, 1.54) is 10.7 Å². The largest absolute Gasteiger partial charge is 0.304 e. The molecule has 0 spiro atoms. The van der Waals surface area contributed by atoms with Gasteiger partial charge in [-0.25, -0.2) is 4.98 Å². The molecule has 1 aliphatic heterocycles. The number of hydrogen-bond acceptors (Lipinski definition) is 4. The average Bonchev–Trinajstić information content (AvgIpc) is 2.83. The Morgan fingerprint density at radius 2 is 2.10 bits per heavy atom. The van der Waals surface area contributed by atoms with Gasteiger partial charge >= 0.3 is 0 Å². The second kappa shape index (κ2) is 5.98. The molecule has 21 heavy (non-hydrogen) atoms. The number of rotatable bonds is 3. The van der Waals surface area contributed by atoms with Gasteiger partial charge in [-0.05, 0) is 40.7 Å². The summed E-state index contributed by atoms with van der Waals surface area (Å²) in [6.45, 7) is 14.7. The van der Waals surface area contributed by atoms with Crippen molar-refractivity contribution in [3.05, 3.63) is 16.1 Å². The molecule has 1 aliphatic rings. The van der Waals surface area contributed by atoms with Crippen molar-refractivity contribution in [3.8, 4) is 0 Å². The van der Waals surface area contributed by atoms with Gasteiger partial charge in [0.2, 0.25) is 0 Å². The Kier molecular flexibility index (Phi) is 4.81. The van der Waals surface area contributed by atoms with Gasteiger partial charge in [0.1, 0.15) is 5.01 Å². The van der Waals surface area contributed by atoms with Crippen LogP contribution in [0.25, 0.3) is 0 Å². The number of nitrogens with zero attached hydrogens (tertiary/aromatic N) is 2. The van der Waals surface area contributed by atoms with E-state index in [1.807, 2.05) is 11.3 Å². The summed E-state index contributed by atoms with van der Waals surface area (Å²) in [5, 5.41) is 7.38. The van der Waals surface area contributed by atoms with Crippen molar-refractivity contribution in [2.45, 2.75) is 77.4 Å². The highest BCUT2D eigenvalue weighted by Gasteiger charge is 2.41. The van der Waals surface area contributed by atoms with E-state index in [0.717, 1.165) is 19.4 Å². The molecule has 2 atom stereocenters. The lowest BCUT2D eigenvalue weighted by Crippen LogP contribution is -2.55. The van der Waals surface area contributed by atoms with Crippen LogP contribution in [0.2, 0.25) is 0 Å². The van der Waals surface area contributed by atoms with E-state index in [-0.39, 0.29) is 11.0 Å². The zero-order valence-corrected chi connectivity index (χ0v) is 15.5. The van der Waals surface area contributed by atoms with Gasteiger partial charge in [0.15, 0.2) is 0 Å². The average molecular weight is 310 g/mol. The van der Waals surface area contributed by atoms with E-state index in [1.54, 1.807) is 0 Å². The van der Waals surface area contributed by atoms with Gasteiger partial charge in [-0.2, -0.15) is 0 Å². The third-order valence-electron chi connectivity index (χ3n) is 4.53. The van der Waals surface area contributed by atoms with Gasteiger partial charge in [-0.3, -0.25) is 0 Å². The van der Waals surface area contributed by atoms with Gasteiger partial charge in [-0.1, -0.05) is 20.8 Å². The highest BCUT2D eigenvalue weighted by Crippen LogP contribution is 2.39. The summed E-state index contributed by atoms with van der Waals surface area (Å²) in [5.74, 6) is 0. The zero-order valence-electron chi connectivity index (χ0n) is 14.7. The molecule has 3 nitrogen and oxygen atoms in total. The van der Waals surface area contributed by atoms with Gasteiger partial charge < -0.3 is 10.2 Å². The normalized spacial score (nSPS) is 28.3. The van der Waals surface area contributed by atoms with Crippen molar-refractivity contribution in [1.82, 2.24) is 15.2 Å². The minimum atomic E-state index is 0.0499. The van der Waals surface area contributed by atoms with Gasteiger partial charge in [0, 0.05) is 29.4 Å². The van der Waals surface area contributed by atoms with Crippen molar-refractivity contribution >= 4 is 11.3 Å². The Morgan fingerprint density at radius 3 is 2.57 bits per heavy atom. The van der Waals surface area contributed by atoms with E-state index >= 15 is 0 Å². The molecule has 0 amide bonds. The molecule has 0 bridgehead atoms. The molecule has 1 aromatic heterocycles. The quantitative estimate of drug-likeness (QED) is 0.922. The number of hydrogen-bond donors (Lipinski definition) is 1. The van der Waals surface area contributed by atoms with E-state index in [2.05, 4.69) is 64.2 Å². The SMILES string of the molecule is CC(C)NC1(c2nc(C(C)(C)C)cs2)CCN(C)C(C)C1. The molecule has 1 N–H and O–H groups in total. The lowest BCUT2D eigenvalue weighted by molar-refractivity contribution is 0.0991. The predicted molar refractivity (Wildman–Crippen MR) is 92.1 cm³/mol. The number of piperidine rings is 1. The van der Waals surface area contributed by atoms with Crippen LogP contribution in [0, 0.1) is 0 Å². The monoisotopic (exact) mass is 309 g/mol. The summed E-state index contributed by atoms with van der Waals surface area (Å²) in [7, 11) is 2.23. The standard InChI is InChI=1S/C17H31N3S/c1-12(2)19-17(8-9-20(7)13(3)10-17)15-18-14(11-21-15)16(4,5)6/h11-13,19H,8-10H2,1-7H3. The van der Waals surface area contributed by atoms with E-state index < -0.39 is 0 Å². The van der Waals surface area contributed by atoms with E-state index in [0.29, 0.717) is 12.1 Å². The fourth-order valence-electron chi connectivity index (χ4n) is 3.13. The molecular weight excluding hydrogens is 278 g/mol. The fraction of sp³-hybridized carbons (Fsp3) is 0.824. The lowest BCUT2D eigenvalue weighted by atomic mass is 9.83. The Balaban J connectivity index is 2.34. The highest BCUT2D eigenvalue weighted by atomic mass is 32.1. The molecule has 0 saturated carbocycles. The molecule has 120 valence electrons. The van der Waals surface area contributed by atoms with Crippen molar-refractivity contribution in [2.75, 3.05) is 13.6 Å². The minimum absolute atomic E-state index is 0.0499. The molecule has 1 aromatic rings. The fourth-order valence-corrected chi connectivity index (χ4v) is 4.38. The minimum Gasteiger partial charge on any atom is -0.304 e. The van der Waals surface area contributed by atoms with Crippen molar-refractivity contribution in [3.63, 3.8) is 0 Å². The molecule has 0 aromatic carbocycles. The van der Waals surface area contributed by atoms with Crippen LogP contribution in [0.15, 0.2) is 5.38 Å². The topological polar surface area (TPSA) is 28.2 Å². The van der Waals surface area contributed by atoms with Crippen LogP contribution in [0.1, 0.15) is 65.1 Å². The maximum Gasteiger partial charge on any atom is 0.113 e. The number of nitrogens with one attached hydrogen (secondary N) is 1. The summed E-state index contributed by atoms with van der Waals surface area (Å²) in [4.78, 5) is 7.48. The number of likely N-dealkylation sites (tertiary alicyclic amines) is 1. The smallest absolute Gasteiger partial charge is 0.113 e. The Hall–Kier alpha value is -0.450. The lowest BCUT2D eigenvalue weighted by Gasteiger charge is -2.45. The number of aromatic nitrogens is 1. The second-order valence-corrected chi connectivity index (χ2v) is 8.81. The second-order valence-electron chi connectivity index (χ2n) is 7.95. The molecule has 2 rings (SSSR count). The molecule has 4 heteroatoms. The Morgan fingerprint density at radius 1 is 1.43 bits per heavy atom. The first-order valence-corrected chi connectivity index (χ1v) is 8.96. The van der Waals surface area contributed by atoms with Crippen LogP contribution in [0.5, 0.6) is 0 Å². The molecular formula is C17H31N3S. The van der Waals surface area contributed by atoms with Gasteiger partial charge in [-0.15, -0.1) is 11.3 Å². The van der Waals surface area contributed by atoms with Crippen LogP contribution in [-0.4, -0.2) is 35.6 Å². The van der Waals surface area contributed by atoms with E-state index in [9.17, 15) is 0 Å². The summed E-state index contributed by atoms with van der Waals surface area (Å²) < 4.78 is 0. The van der Waals surface area contributed by atoms with Gasteiger partial charge in [0.05, 0.1) is 11.2 Å². The van der Waals surface area contributed by atoms with Crippen molar-refractivity contribution in [2.24, 2.45) is 0 Å². The first-order valence-electron chi connectivity index (χ1n) is 8.08. The molecule has 1 fully saturated rings. The summed E-state index contributed by atoms with van der Waals surface area (Å²) >= 11 is 1.83. The molecule has 0 aliphatic carbocycles. The summed E-state index contributed by atoms with van der Waals surface area (Å²) in [6, 6.07) is 1.06. The predicted octanol–water partition coefficient (Wildman–Crippen LogP) is 3.75. The Labute approximate surface area is 134 Å². The first kappa shape index (κ1) is 16.9. The molecule has 1 saturated heterocycles. The van der Waals surface area contributed by atoms with Crippen molar-refractivity contribution in [1.29, 1.82) is 0 Å². The van der Waals surface area contributed by atoms with Crippen LogP contribution < -0.4 is 5.32 Å². The van der Waals surface area contributed by atoms with Gasteiger partial charge in [0.25, 0.3) is 0 Å². The molecule has 0 radical (unpaired) electrons. The molecule has 2 unspecified atom stereocenters. The van der Waals surface area contributed by atoms with Crippen LogP contribution in [0.4, 0.5) is 0 Å². The third kappa shape index (κ3) is 3.66. The maximum atomic E-state index is 5.03. The van der Waals surface area contributed by atoms with Crippen LogP contribution in [-0.2, 0) is 11.0 Å². The van der Waals surface area contributed by atoms with E-state index in [4.69, 9.17) is 4.98 Å². The van der Waals surface area contributed by atoms with Crippen LogP contribution >= 0.6 is 11.3 Å². The third-order valence-corrected chi connectivity index (χ3v) is 5.58. The molecule has 2 heterocycles. The number of thiazole rings is 1. The Bertz CT molecular complexity index is 475. The van der Waals surface area contributed by atoms with Crippen molar-refractivity contribution < 1.29 is 0 Å². The zero-order chi connectivity index (χ0) is 15.8. The highest BCUT2D eigenvalue weighted by molar-refractivity contribution is 7.09. The maximum absolute atomic E-state index is 5.03. The summed E-state index contributed by atoms with van der Waals surface area (Å²) in [6.07, 6.45) is 2.28. The van der Waals surface area contributed by atoms with Crippen LogP contribution in [0.3, 0.4) is 0 Å².